The summed E-state index contributed by atoms with van der Waals surface area (Å²) >= 11 is 0. The standard InChI is InChI=1S/C13H17N3O4/c1-7-4-5-10(9(6-7)12(18)20-3)16-11(17)8(2)15-13(14)19/h4-6,8H,1-3H3,(H,16,17)(H3,14,15,19). The molecule has 0 aromatic heterocycles. The number of rotatable bonds is 4. The van der Waals surface area contributed by atoms with Crippen LogP contribution in [0.25, 0.3) is 0 Å². The van der Waals surface area contributed by atoms with Crippen LogP contribution in [0, 0.1) is 6.92 Å². The highest BCUT2D eigenvalue weighted by atomic mass is 16.5. The second-order valence-corrected chi connectivity index (χ2v) is 4.26. The molecule has 0 saturated carbocycles. The van der Waals surface area contributed by atoms with Crippen molar-refractivity contribution in [2.45, 2.75) is 19.9 Å². The van der Waals surface area contributed by atoms with Crippen molar-refractivity contribution in [3.05, 3.63) is 29.3 Å². The summed E-state index contributed by atoms with van der Waals surface area (Å²) < 4.78 is 4.66. The van der Waals surface area contributed by atoms with E-state index in [2.05, 4.69) is 15.4 Å². The van der Waals surface area contributed by atoms with Crippen LogP contribution in [0.4, 0.5) is 10.5 Å². The Morgan fingerprint density at radius 1 is 1.30 bits per heavy atom. The maximum Gasteiger partial charge on any atom is 0.339 e. The molecule has 0 saturated heterocycles. The van der Waals surface area contributed by atoms with Gasteiger partial charge in [0, 0.05) is 0 Å². The Bertz CT molecular complexity index is 542. The molecule has 4 N–H and O–H groups in total. The average Bonchev–Trinajstić information content (AvgIpc) is 2.38. The molecule has 1 aromatic carbocycles. The van der Waals surface area contributed by atoms with E-state index in [1.807, 2.05) is 6.92 Å². The van der Waals surface area contributed by atoms with E-state index in [-0.39, 0.29) is 5.56 Å². The van der Waals surface area contributed by atoms with Crippen molar-refractivity contribution in [1.29, 1.82) is 0 Å². The molecule has 3 amide bonds. The van der Waals surface area contributed by atoms with E-state index in [0.29, 0.717) is 5.69 Å². The van der Waals surface area contributed by atoms with Gasteiger partial charge in [0.2, 0.25) is 5.91 Å². The fraction of sp³-hybridized carbons (Fsp3) is 0.308. The monoisotopic (exact) mass is 279 g/mol. The second-order valence-electron chi connectivity index (χ2n) is 4.26. The minimum absolute atomic E-state index is 0.243. The molecule has 0 bridgehead atoms. The highest BCUT2D eigenvalue weighted by Crippen LogP contribution is 2.18. The number of anilines is 1. The minimum atomic E-state index is -0.820. The number of primary amides is 1. The molecule has 1 aromatic rings. The van der Waals surface area contributed by atoms with Crippen molar-refractivity contribution in [2.75, 3.05) is 12.4 Å². The highest BCUT2D eigenvalue weighted by molar-refractivity contribution is 6.03. The molecule has 1 unspecified atom stereocenters. The van der Waals surface area contributed by atoms with Gasteiger partial charge in [-0.3, -0.25) is 4.79 Å². The van der Waals surface area contributed by atoms with Crippen LogP contribution in [0.2, 0.25) is 0 Å². The summed E-state index contributed by atoms with van der Waals surface area (Å²) in [6.45, 7) is 3.29. The normalized spacial score (nSPS) is 11.3. The second kappa shape index (κ2) is 6.55. The third-order valence-electron chi connectivity index (χ3n) is 2.59. The Kier molecular flexibility index (Phi) is 5.08. The molecule has 20 heavy (non-hydrogen) atoms. The molecule has 0 radical (unpaired) electrons. The number of ether oxygens (including phenoxy) is 1. The largest absolute Gasteiger partial charge is 0.465 e. The van der Waals surface area contributed by atoms with Gasteiger partial charge in [-0.25, -0.2) is 9.59 Å². The Balaban J connectivity index is 2.94. The number of esters is 1. The number of amides is 3. The zero-order chi connectivity index (χ0) is 15.3. The number of nitrogens with one attached hydrogen (secondary N) is 2. The Hall–Kier alpha value is -2.57. The van der Waals surface area contributed by atoms with Gasteiger partial charge in [0.15, 0.2) is 0 Å². The van der Waals surface area contributed by atoms with Crippen LogP contribution in [-0.4, -0.2) is 31.1 Å². The third kappa shape index (κ3) is 3.98. The number of methoxy groups -OCH3 is 1. The van der Waals surface area contributed by atoms with E-state index >= 15 is 0 Å². The Morgan fingerprint density at radius 3 is 2.50 bits per heavy atom. The fourth-order valence-electron chi connectivity index (χ4n) is 1.57. The smallest absolute Gasteiger partial charge is 0.339 e. The summed E-state index contributed by atoms with van der Waals surface area (Å²) in [4.78, 5) is 34.2. The van der Waals surface area contributed by atoms with Gasteiger partial charge in [-0.1, -0.05) is 11.6 Å². The van der Waals surface area contributed by atoms with E-state index in [1.54, 1.807) is 18.2 Å². The average molecular weight is 279 g/mol. The van der Waals surface area contributed by atoms with E-state index in [0.717, 1.165) is 5.56 Å². The summed E-state index contributed by atoms with van der Waals surface area (Å²) in [5.41, 5.74) is 6.35. The Labute approximate surface area is 116 Å². The molecule has 1 atom stereocenters. The van der Waals surface area contributed by atoms with Crippen LogP contribution in [0.15, 0.2) is 18.2 Å². The van der Waals surface area contributed by atoms with Crippen LogP contribution in [0.1, 0.15) is 22.8 Å². The molecule has 7 heteroatoms. The molecule has 7 nitrogen and oxygen atoms in total. The van der Waals surface area contributed by atoms with Crippen molar-refractivity contribution >= 4 is 23.6 Å². The van der Waals surface area contributed by atoms with Crippen LogP contribution >= 0.6 is 0 Å². The highest BCUT2D eigenvalue weighted by Gasteiger charge is 2.18. The zero-order valence-corrected chi connectivity index (χ0v) is 11.5. The molecule has 1 rings (SSSR count). The van der Waals surface area contributed by atoms with Crippen molar-refractivity contribution in [2.24, 2.45) is 5.73 Å². The SMILES string of the molecule is COC(=O)c1cc(C)ccc1NC(=O)C(C)NC(N)=O. The maximum atomic E-state index is 11.9. The number of hydrogen-bond donors (Lipinski definition) is 3. The van der Waals surface area contributed by atoms with Gasteiger partial charge in [-0.05, 0) is 26.0 Å². The molecule has 0 fully saturated rings. The molecule has 0 aliphatic rings. The lowest BCUT2D eigenvalue weighted by Crippen LogP contribution is -2.44. The molecule has 0 heterocycles. The van der Waals surface area contributed by atoms with Crippen LogP contribution < -0.4 is 16.4 Å². The number of benzene rings is 1. The number of nitrogens with two attached hydrogens (primary N) is 1. The maximum absolute atomic E-state index is 11.9. The van der Waals surface area contributed by atoms with Gasteiger partial charge in [0.05, 0.1) is 18.4 Å². The quantitative estimate of drug-likeness (QED) is 0.707. The van der Waals surface area contributed by atoms with Crippen LogP contribution in [-0.2, 0) is 9.53 Å². The van der Waals surface area contributed by atoms with Crippen LogP contribution in [0.5, 0.6) is 0 Å². The number of carbonyl (C=O) groups excluding carboxylic acids is 3. The number of urea groups is 1. The topological polar surface area (TPSA) is 111 Å². The number of carbonyl (C=O) groups is 3. The Morgan fingerprint density at radius 2 is 1.95 bits per heavy atom. The van der Waals surface area contributed by atoms with E-state index < -0.39 is 23.9 Å². The first kappa shape index (κ1) is 15.5. The first-order valence-corrected chi connectivity index (χ1v) is 5.91. The molecule has 108 valence electrons. The molecular weight excluding hydrogens is 262 g/mol. The predicted octanol–water partition coefficient (Wildman–Crippen LogP) is 0.777. The lowest BCUT2D eigenvalue weighted by Gasteiger charge is -2.14. The van der Waals surface area contributed by atoms with E-state index in [9.17, 15) is 14.4 Å². The summed E-state index contributed by atoms with van der Waals surface area (Å²) in [5, 5.41) is 4.80. The summed E-state index contributed by atoms with van der Waals surface area (Å²) in [6, 6.07) is 3.32. The van der Waals surface area contributed by atoms with Gasteiger partial charge in [-0.15, -0.1) is 0 Å². The van der Waals surface area contributed by atoms with Gasteiger partial charge in [0.1, 0.15) is 6.04 Å². The summed E-state index contributed by atoms with van der Waals surface area (Å²) in [7, 11) is 1.26. The molecule has 0 spiro atoms. The van der Waals surface area contributed by atoms with Crippen molar-refractivity contribution < 1.29 is 19.1 Å². The van der Waals surface area contributed by atoms with Crippen molar-refractivity contribution in [3.8, 4) is 0 Å². The van der Waals surface area contributed by atoms with Crippen molar-refractivity contribution in [3.63, 3.8) is 0 Å². The first-order valence-electron chi connectivity index (χ1n) is 5.91. The van der Waals surface area contributed by atoms with E-state index in [4.69, 9.17) is 5.73 Å². The first-order chi connectivity index (χ1) is 9.35. The molecule has 0 aliphatic carbocycles. The fourth-order valence-corrected chi connectivity index (χ4v) is 1.57. The van der Waals surface area contributed by atoms with Gasteiger partial charge < -0.3 is 21.1 Å². The zero-order valence-electron chi connectivity index (χ0n) is 11.5. The van der Waals surface area contributed by atoms with Gasteiger partial charge in [-0.2, -0.15) is 0 Å². The lowest BCUT2D eigenvalue weighted by atomic mass is 10.1. The number of aryl methyl sites for hydroxylation is 1. The van der Waals surface area contributed by atoms with Gasteiger partial charge >= 0.3 is 12.0 Å². The van der Waals surface area contributed by atoms with Crippen molar-refractivity contribution in [1.82, 2.24) is 5.32 Å². The molecule has 0 aliphatic heterocycles. The minimum Gasteiger partial charge on any atom is -0.465 e. The van der Waals surface area contributed by atoms with Crippen LogP contribution in [0.3, 0.4) is 0 Å². The predicted molar refractivity (Wildman–Crippen MR) is 73.3 cm³/mol. The third-order valence-corrected chi connectivity index (χ3v) is 2.59. The lowest BCUT2D eigenvalue weighted by molar-refractivity contribution is -0.117. The van der Waals surface area contributed by atoms with E-state index in [1.165, 1.54) is 14.0 Å². The van der Waals surface area contributed by atoms with Gasteiger partial charge in [0.25, 0.3) is 0 Å². The summed E-state index contributed by atoms with van der Waals surface area (Å²) in [5.74, 6) is -1.04. The molecular formula is C13H17N3O4. The number of hydrogen-bond acceptors (Lipinski definition) is 4. The summed E-state index contributed by atoms with van der Waals surface area (Å²) in [6.07, 6.45) is 0.